The molecule has 0 fully saturated rings. The van der Waals surface area contributed by atoms with E-state index in [4.69, 9.17) is 38.7 Å². The maximum absolute atomic E-state index is 11.5. The average Bonchev–Trinajstić information content (AvgIpc) is 3.03. The number of hydrogen-bond donors (Lipinski definition) is 2. The van der Waals surface area contributed by atoms with Crippen molar-refractivity contribution in [1.82, 2.24) is 14.5 Å². The summed E-state index contributed by atoms with van der Waals surface area (Å²) in [5.41, 5.74) is 6.77. The van der Waals surface area contributed by atoms with Crippen molar-refractivity contribution in [3.63, 3.8) is 0 Å². The van der Waals surface area contributed by atoms with E-state index in [2.05, 4.69) is 23.4 Å². The summed E-state index contributed by atoms with van der Waals surface area (Å²) in [4.78, 5) is 30.9. The van der Waals surface area contributed by atoms with Crippen molar-refractivity contribution in [3.8, 4) is 0 Å². The summed E-state index contributed by atoms with van der Waals surface area (Å²) in [5, 5.41) is 2.08. The molecule has 1 aromatic carbocycles. The molecule has 0 atom stereocenters. The number of carbonyl (C=O) groups excluding carboxylic acids is 1. The number of nitrogens with zero attached hydrogens (tertiary/aromatic N) is 2. The average molecular weight is 495 g/mol. The molecule has 2 heterocycles. The minimum absolute atomic E-state index is 0.158. The molecule has 0 aliphatic rings. The molecule has 0 saturated carbocycles. The van der Waals surface area contributed by atoms with E-state index < -0.39 is 6.09 Å². The normalized spacial score (nSPS) is 11.2. The van der Waals surface area contributed by atoms with Crippen LogP contribution < -0.4 is 11.3 Å². The lowest BCUT2D eigenvalue weighted by Crippen LogP contribution is -2.15. The molecule has 170 valence electrons. The van der Waals surface area contributed by atoms with Gasteiger partial charge in [0.1, 0.15) is 10.9 Å². The van der Waals surface area contributed by atoms with Crippen molar-refractivity contribution in [2.75, 3.05) is 6.61 Å². The Balaban J connectivity index is 2.01. The van der Waals surface area contributed by atoms with Gasteiger partial charge in [0.25, 0.3) is 0 Å². The van der Waals surface area contributed by atoms with Crippen LogP contribution in [0.4, 0.5) is 4.79 Å². The quantitative estimate of drug-likeness (QED) is 0.396. The molecule has 0 radical (unpaired) electrons. The Labute approximate surface area is 200 Å². The first-order chi connectivity index (χ1) is 15.2. The van der Waals surface area contributed by atoms with Gasteiger partial charge in [0.15, 0.2) is 0 Å². The van der Waals surface area contributed by atoms with Gasteiger partial charge >= 0.3 is 6.09 Å². The fourth-order valence-electron chi connectivity index (χ4n) is 3.17. The lowest BCUT2D eigenvalue weighted by molar-refractivity contribution is 0.155. The first-order valence-corrected chi connectivity index (χ1v) is 11.6. The summed E-state index contributed by atoms with van der Waals surface area (Å²) in [6, 6.07) is 8.70. The van der Waals surface area contributed by atoms with Gasteiger partial charge in [-0.1, -0.05) is 54.9 Å². The number of benzene rings is 1. The smallest absolute Gasteiger partial charge is 0.404 e. The number of aromatic amines is 1. The molecule has 0 aliphatic carbocycles. The van der Waals surface area contributed by atoms with E-state index in [-0.39, 0.29) is 18.1 Å². The number of H-pyrrole nitrogens is 1. The van der Waals surface area contributed by atoms with Gasteiger partial charge in [0.05, 0.1) is 18.8 Å². The number of primary amides is 1. The molecule has 2 aromatic heterocycles. The van der Waals surface area contributed by atoms with Gasteiger partial charge in [-0.05, 0) is 36.1 Å². The lowest BCUT2D eigenvalue weighted by Gasteiger charge is -2.14. The number of hydrogen-bond acceptors (Lipinski definition) is 5. The molecule has 3 N–H and O–H groups in total. The Hall–Kier alpha value is -2.42. The molecule has 0 aliphatic heterocycles. The number of carbonyl (C=O) groups is 1. The Kier molecular flexibility index (Phi) is 8.28. The first kappa shape index (κ1) is 24.2. The molecule has 0 bridgehead atoms. The van der Waals surface area contributed by atoms with Crippen LogP contribution in [0.25, 0.3) is 0 Å². The molecule has 0 unspecified atom stereocenters. The fraction of sp³-hybridized carbons (Fsp3) is 0.318. The van der Waals surface area contributed by atoms with Crippen LogP contribution in [0.5, 0.6) is 0 Å². The van der Waals surface area contributed by atoms with Gasteiger partial charge in [0.2, 0.25) is 5.56 Å². The third-order valence-electron chi connectivity index (χ3n) is 4.60. The second kappa shape index (κ2) is 10.9. The van der Waals surface area contributed by atoms with Crippen molar-refractivity contribution < 1.29 is 9.53 Å². The van der Waals surface area contributed by atoms with Crippen LogP contribution in [0.1, 0.15) is 43.3 Å². The van der Waals surface area contributed by atoms with Crippen LogP contribution >= 0.6 is 35.0 Å². The van der Waals surface area contributed by atoms with Gasteiger partial charge < -0.3 is 20.0 Å². The summed E-state index contributed by atoms with van der Waals surface area (Å²) in [5.74, 6) is 1.02. The zero-order valence-electron chi connectivity index (χ0n) is 17.7. The summed E-state index contributed by atoms with van der Waals surface area (Å²) >= 11 is 14.0. The number of nitrogens with two attached hydrogens (primary N) is 1. The number of pyridine rings is 1. The molecular formula is C22H24Cl2N4O3S. The number of nitrogens with one attached hydrogen (secondary N) is 1. The summed E-state index contributed by atoms with van der Waals surface area (Å²) in [6.45, 7) is 4.90. The summed E-state index contributed by atoms with van der Waals surface area (Å²) < 4.78 is 6.99. The molecule has 0 saturated heterocycles. The topological polar surface area (TPSA) is 103 Å². The first-order valence-electron chi connectivity index (χ1n) is 10.1. The molecule has 1 amide bonds. The van der Waals surface area contributed by atoms with Crippen LogP contribution in [-0.2, 0) is 17.7 Å². The zero-order valence-corrected chi connectivity index (χ0v) is 20.1. The highest BCUT2D eigenvalue weighted by Crippen LogP contribution is 2.37. The monoisotopic (exact) mass is 494 g/mol. The SMILES string of the molecule is CC(C)c1nc(CCCOC(N)=O)n(Cc2ccc(=O)[nH]c2)c1Sc1cc(Cl)cc(Cl)c1. The van der Waals surface area contributed by atoms with E-state index >= 15 is 0 Å². The van der Waals surface area contributed by atoms with Crippen molar-refractivity contribution in [2.45, 2.75) is 49.1 Å². The Bertz CT molecular complexity index is 1120. The maximum atomic E-state index is 11.5. The Morgan fingerprint density at radius 3 is 2.56 bits per heavy atom. The van der Waals surface area contributed by atoms with Gasteiger partial charge in [-0.15, -0.1) is 0 Å². The second-order valence-electron chi connectivity index (χ2n) is 7.50. The summed E-state index contributed by atoms with van der Waals surface area (Å²) in [7, 11) is 0. The number of aromatic nitrogens is 3. The van der Waals surface area contributed by atoms with Gasteiger partial charge in [0, 0.05) is 33.6 Å². The van der Waals surface area contributed by atoms with E-state index in [0.717, 1.165) is 27.0 Å². The van der Waals surface area contributed by atoms with E-state index in [1.165, 1.54) is 17.8 Å². The molecule has 7 nitrogen and oxygen atoms in total. The van der Waals surface area contributed by atoms with Crippen LogP contribution in [0.2, 0.25) is 10.0 Å². The van der Waals surface area contributed by atoms with Gasteiger partial charge in [-0.25, -0.2) is 9.78 Å². The van der Waals surface area contributed by atoms with Crippen molar-refractivity contribution in [2.24, 2.45) is 5.73 Å². The molecular weight excluding hydrogens is 471 g/mol. The third kappa shape index (κ3) is 6.54. The molecule has 3 aromatic rings. The Morgan fingerprint density at radius 2 is 1.97 bits per heavy atom. The van der Waals surface area contributed by atoms with Crippen LogP contribution in [0, 0.1) is 0 Å². The van der Waals surface area contributed by atoms with Gasteiger partial charge in [-0.2, -0.15) is 0 Å². The minimum atomic E-state index is -0.793. The molecule has 0 spiro atoms. The second-order valence-corrected chi connectivity index (χ2v) is 9.43. The Morgan fingerprint density at radius 1 is 1.25 bits per heavy atom. The number of aryl methyl sites for hydroxylation is 1. The van der Waals surface area contributed by atoms with Crippen molar-refractivity contribution >= 4 is 41.1 Å². The van der Waals surface area contributed by atoms with E-state index in [1.807, 2.05) is 12.1 Å². The van der Waals surface area contributed by atoms with E-state index in [1.54, 1.807) is 18.3 Å². The molecule has 32 heavy (non-hydrogen) atoms. The van der Waals surface area contributed by atoms with E-state index in [0.29, 0.717) is 29.4 Å². The highest BCUT2D eigenvalue weighted by atomic mass is 35.5. The standard InChI is InChI=1S/C22H24Cl2N4O3S/c1-13(2)20-21(32-17-9-15(23)8-16(24)10-17)28(12-14-5-6-19(29)26-11-14)18(27-20)4-3-7-31-22(25)30/h5-6,8-11,13H,3-4,7,12H2,1-2H3,(H2,25,30)(H,26,29). The van der Waals surface area contributed by atoms with E-state index in [9.17, 15) is 9.59 Å². The maximum Gasteiger partial charge on any atom is 0.404 e. The number of amides is 1. The van der Waals surface area contributed by atoms with Crippen LogP contribution in [0.15, 0.2) is 51.2 Å². The summed E-state index contributed by atoms with van der Waals surface area (Å²) in [6.07, 6.45) is 2.07. The number of halogens is 2. The lowest BCUT2D eigenvalue weighted by atomic mass is 10.1. The predicted molar refractivity (Wildman–Crippen MR) is 127 cm³/mol. The van der Waals surface area contributed by atoms with Crippen LogP contribution in [0.3, 0.4) is 0 Å². The zero-order chi connectivity index (χ0) is 23.3. The number of rotatable bonds is 9. The highest BCUT2D eigenvalue weighted by Gasteiger charge is 2.21. The molecule has 3 rings (SSSR count). The van der Waals surface area contributed by atoms with Crippen molar-refractivity contribution in [1.29, 1.82) is 0 Å². The predicted octanol–water partition coefficient (Wildman–Crippen LogP) is 5.23. The van der Waals surface area contributed by atoms with Gasteiger partial charge in [-0.3, -0.25) is 4.79 Å². The molecule has 10 heteroatoms. The van der Waals surface area contributed by atoms with Crippen molar-refractivity contribution in [3.05, 3.63) is 74.0 Å². The fourth-order valence-corrected chi connectivity index (χ4v) is 5.08. The number of imidazole rings is 1. The highest BCUT2D eigenvalue weighted by molar-refractivity contribution is 7.99. The van der Waals surface area contributed by atoms with Crippen LogP contribution in [-0.4, -0.2) is 27.2 Å². The third-order valence-corrected chi connectivity index (χ3v) is 6.13. The minimum Gasteiger partial charge on any atom is -0.450 e. The number of ether oxygens (including phenoxy) is 1. The largest absolute Gasteiger partial charge is 0.450 e.